The van der Waals surface area contributed by atoms with Gasteiger partial charge in [0, 0.05) is 18.2 Å². The normalized spacial score (nSPS) is 27.1. The summed E-state index contributed by atoms with van der Waals surface area (Å²) in [5.41, 5.74) is 1.70. The van der Waals surface area contributed by atoms with Gasteiger partial charge in [-0.2, -0.15) is 9.37 Å². The van der Waals surface area contributed by atoms with Crippen LogP contribution >= 0.6 is 0 Å². The lowest BCUT2D eigenvalue weighted by molar-refractivity contribution is 0.00942. The van der Waals surface area contributed by atoms with Crippen LogP contribution in [0.4, 0.5) is 14.6 Å². The lowest BCUT2D eigenvalue weighted by Crippen LogP contribution is -2.54. The molecule has 3 saturated carbocycles. The molecule has 7 nitrogen and oxygen atoms in total. The van der Waals surface area contributed by atoms with Crippen LogP contribution in [0, 0.1) is 17.3 Å². The summed E-state index contributed by atoms with van der Waals surface area (Å²) < 4.78 is 34.6. The highest BCUT2D eigenvalue weighted by molar-refractivity contribution is 5.73. The van der Waals surface area contributed by atoms with Crippen LogP contribution in [-0.2, 0) is 0 Å². The number of phenols is 1. The van der Waals surface area contributed by atoms with Gasteiger partial charge in [-0.3, -0.25) is 0 Å². The Morgan fingerprint density at radius 3 is 2.62 bits per heavy atom. The van der Waals surface area contributed by atoms with E-state index >= 15 is 4.39 Å². The Morgan fingerprint density at radius 2 is 1.92 bits per heavy atom. The minimum absolute atomic E-state index is 0.0564. The van der Waals surface area contributed by atoms with E-state index in [4.69, 9.17) is 4.74 Å². The number of anilines is 1. The van der Waals surface area contributed by atoms with Gasteiger partial charge in [0.15, 0.2) is 11.6 Å². The number of aromatic nitrogens is 4. The van der Waals surface area contributed by atoms with Gasteiger partial charge in [0.25, 0.3) is 0 Å². The number of hydrogen-bond acceptors (Lipinski definition) is 7. The number of methoxy groups -OCH3 is 1. The van der Waals surface area contributed by atoms with Crippen molar-refractivity contribution in [2.24, 2.45) is 11.3 Å². The van der Waals surface area contributed by atoms with Crippen molar-refractivity contribution in [3.8, 4) is 34.1 Å². The Balaban J connectivity index is 1.27. The van der Waals surface area contributed by atoms with E-state index in [1.54, 1.807) is 24.4 Å². The summed E-state index contributed by atoms with van der Waals surface area (Å²) in [7, 11) is 1.42. The van der Waals surface area contributed by atoms with E-state index < -0.39 is 12.1 Å². The molecule has 2 bridgehead atoms. The number of pyridine rings is 1. The van der Waals surface area contributed by atoms with E-state index in [9.17, 15) is 9.50 Å². The van der Waals surface area contributed by atoms with Crippen LogP contribution in [0.2, 0.25) is 0 Å². The van der Waals surface area contributed by atoms with Crippen LogP contribution < -0.4 is 9.64 Å². The van der Waals surface area contributed by atoms with Crippen molar-refractivity contribution >= 4 is 5.82 Å². The molecule has 37 heavy (non-hydrogen) atoms. The predicted molar refractivity (Wildman–Crippen MR) is 136 cm³/mol. The summed E-state index contributed by atoms with van der Waals surface area (Å²) in [5, 5.41) is 19.5. The molecule has 1 aromatic carbocycles. The summed E-state index contributed by atoms with van der Waals surface area (Å²) in [6.45, 7) is 2.30. The van der Waals surface area contributed by atoms with Gasteiger partial charge >= 0.3 is 0 Å². The maximum absolute atomic E-state index is 15.7. The van der Waals surface area contributed by atoms with E-state index in [0.29, 0.717) is 22.5 Å². The minimum Gasteiger partial charge on any atom is -0.507 e. The number of alkyl halides is 1. The van der Waals surface area contributed by atoms with Crippen molar-refractivity contribution in [2.45, 2.75) is 70.1 Å². The third-order valence-corrected chi connectivity index (χ3v) is 8.29. The zero-order chi connectivity index (χ0) is 25.7. The molecule has 194 valence electrons. The van der Waals surface area contributed by atoms with E-state index in [2.05, 4.69) is 32.0 Å². The largest absolute Gasteiger partial charge is 0.507 e. The molecule has 2 aromatic heterocycles. The molecule has 0 amide bonds. The average molecular weight is 508 g/mol. The van der Waals surface area contributed by atoms with Gasteiger partial charge in [0.2, 0.25) is 11.8 Å². The zero-order valence-corrected chi connectivity index (χ0v) is 21.1. The molecule has 4 atom stereocenters. The highest BCUT2D eigenvalue weighted by Crippen LogP contribution is 2.52. The monoisotopic (exact) mass is 507 g/mol. The Morgan fingerprint density at radius 1 is 1.08 bits per heavy atom. The summed E-state index contributed by atoms with van der Waals surface area (Å²) in [6.07, 6.45) is 7.85. The van der Waals surface area contributed by atoms with Crippen molar-refractivity contribution in [3.05, 3.63) is 42.5 Å². The molecule has 3 aliphatic rings. The molecule has 1 N–H and O–H groups in total. The smallest absolute Gasteiger partial charge is 0.216 e. The molecular weight excluding hydrogens is 476 g/mol. The fraction of sp³-hybridized carbons (Fsp3) is 0.500. The third kappa shape index (κ3) is 4.60. The number of phenolic OH excluding ortho intramolecular Hbond substituents is 1. The van der Waals surface area contributed by atoms with Gasteiger partial charge in [-0.15, -0.1) is 10.2 Å². The summed E-state index contributed by atoms with van der Waals surface area (Å²) in [5.74, 6) is 0.395. The molecule has 0 radical (unpaired) electrons. The SMILES string of the molecule is COc1cc(-c2ccc(-c3ncc(N(C4CC4)[C@@H]4C[C@@]5(C)CCC[C@H](C5)[C@@H]4F)nn3)c(O)c2)cc(F)n1. The van der Waals surface area contributed by atoms with Gasteiger partial charge in [-0.25, -0.2) is 9.37 Å². The lowest BCUT2D eigenvalue weighted by Gasteiger charge is -2.51. The lowest BCUT2D eigenvalue weighted by atomic mass is 9.60. The van der Waals surface area contributed by atoms with Crippen LogP contribution in [0.1, 0.15) is 51.9 Å². The maximum atomic E-state index is 15.7. The summed E-state index contributed by atoms with van der Waals surface area (Å²) in [4.78, 5) is 10.3. The fourth-order valence-corrected chi connectivity index (χ4v) is 6.40. The van der Waals surface area contributed by atoms with Gasteiger partial charge < -0.3 is 14.7 Å². The number of hydrogen-bond donors (Lipinski definition) is 1. The molecule has 3 fully saturated rings. The number of benzene rings is 1. The number of halogens is 2. The number of rotatable bonds is 6. The second-order valence-corrected chi connectivity index (χ2v) is 11.1. The third-order valence-electron chi connectivity index (χ3n) is 8.29. The van der Waals surface area contributed by atoms with Crippen LogP contribution in [0.15, 0.2) is 36.5 Å². The number of ether oxygens (including phenoxy) is 1. The first kappa shape index (κ1) is 24.0. The van der Waals surface area contributed by atoms with Gasteiger partial charge in [-0.05, 0) is 73.1 Å². The molecule has 3 aliphatic carbocycles. The van der Waals surface area contributed by atoms with Crippen molar-refractivity contribution < 1.29 is 18.6 Å². The van der Waals surface area contributed by atoms with Gasteiger partial charge in [-0.1, -0.05) is 19.4 Å². The molecule has 0 aliphatic heterocycles. The minimum atomic E-state index is -0.872. The predicted octanol–water partition coefficient (Wildman–Crippen LogP) is 5.73. The summed E-state index contributed by atoms with van der Waals surface area (Å²) in [6, 6.07) is 7.87. The first-order valence-electron chi connectivity index (χ1n) is 13.0. The van der Waals surface area contributed by atoms with Crippen molar-refractivity contribution in [1.29, 1.82) is 0 Å². The van der Waals surface area contributed by atoms with Gasteiger partial charge in [0.05, 0.1) is 24.9 Å². The topological polar surface area (TPSA) is 84.3 Å². The van der Waals surface area contributed by atoms with E-state index in [-0.39, 0.29) is 40.9 Å². The summed E-state index contributed by atoms with van der Waals surface area (Å²) >= 11 is 0. The Kier molecular flexibility index (Phi) is 5.96. The van der Waals surface area contributed by atoms with Gasteiger partial charge in [0.1, 0.15) is 11.9 Å². The molecule has 6 rings (SSSR count). The molecular formula is C28H31F2N5O2. The Hall–Kier alpha value is -3.36. The van der Waals surface area contributed by atoms with E-state index in [0.717, 1.165) is 44.9 Å². The second kappa shape index (κ2) is 9.19. The Bertz CT molecular complexity index is 1300. The Labute approximate surface area is 214 Å². The average Bonchev–Trinajstić information content (AvgIpc) is 3.72. The van der Waals surface area contributed by atoms with Crippen LogP contribution in [-0.4, -0.2) is 50.6 Å². The van der Waals surface area contributed by atoms with Crippen molar-refractivity contribution in [2.75, 3.05) is 12.0 Å². The zero-order valence-electron chi connectivity index (χ0n) is 21.1. The van der Waals surface area contributed by atoms with E-state index in [1.807, 2.05) is 0 Å². The van der Waals surface area contributed by atoms with Crippen molar-refractivity contribution in [3.63, 3.8) is 0 Å². The van der Waals surface area contributed by atoms with E-state index in [1.165, 1.54) is 19.2 Å². The highest BCUT2D eigenvalue weighted by Gasteiger charge is 2.50. The number of fused-ring (bicyclic) bond motifs is 2. The molecule has 0 unspecified atom stereocenters. The first-order chi connectivity index (χ1) is 17.8. The standard InChI is InChI=1S/C28H31F2N5O2/c1-28-9-3-4-17(13-28)26(30)21(14-28)35(19-6-7-19)24-15-31-27(34-33-24)20-8-5-16(10-22(20)36)18-11-23(29)32-25(12-18)37-2/h5,8,10-12,15,17,19,21,26,36H,3-4,6-7,9,13-14H2,1-2H3/t17-,21-,26+,28+/m1/s1. The molecule has 9 heteroatoms. The molecule has 3 aromatic rings. The molecule has 2 heterocycles. The highest BCUT2D eigenvalue weighted by atomic mass is 19.1. The van der Waals surface area contributed by atoms with Crippen molar-refractivity contribution in [1.82, 2.24) is 20.2 Å². The molecule has 0 spiro atoms. The fourth-order valence-electron chi connectivity index (χ4n) is 6.40. The number of nitrogens with zero attached hydrogens (tertiary/aromatic N) is 5. The van der Waals surface area contributed by atoms with Crippen LogP contribution in [0.5, 0.6) is 11.6 Å². The second-order valence-electron chi connectivity index (χ2n) is 11.1. The first-order valence-corrected chi connectivity index (χ1v) is 13.0. The quantitative estimate of drug-likeness (QED) is 0.427. The van der Waals surface area contributed by atoms with Crippen LogP contribution in [0.25, 0.3) is 22.5 Å². The molecule has 0 saturated heterocycles. The van der Waals surface area contributed by atoms with Crippen LogP contribution in [0.3, 0.4) is 0 Å². The maximum Gasteiger partial charge on any atom is 0.216 e. The number of aromatic hydroxyl groups is 1.